The molecule has 3 heteroatoms. The largest absolute Gasteiger partial charge is 0.496 e. The van der Waals surface area contributed by atoms with Crippen LogP contribution in [0.1, 0.15) is 0 Å². The van der Waals surface area contributed by atoms with Crippen molar-refractivity contribution in [3.63, 3.8) is 0 Å². The first-order valence-electron chi connectivity index (χ1n) is 2.65. The van der Waals surface area contributed by atoms with Gasteiger partial charge in [-0.25, -0.2) is 4.39 Å². The van der Waals surface area contributed by atoms with E-state index < -0.39 is 5.82 Å². The first kappa shape index (κ1) is 7.35. The van der Waals surface area contributed by atoms with Gasteiger partial charge in [0.15, 0.2) is 0 Å². The van der Waals surface area contributed by atoms with Crippen LogP contribution in [0.4, 0.5) is 4.39 Å². The molecule has 0 aliphatic heterocycles. The van der Waals surface area contributed by atoms with Crippen LogP contribution < -0.4 is 4.74 Å². The fourth-order valence-corrected chi connectivity index (χ4v) is 0.783. The summed E-state index contributed by atoms with van der Waals surface area (Å²) in [5.41, 5.74) is 0. The number of rotatable bonds is 1. The van der Waals surface area contributed by atoms with Crippen LogP contribution in [0.3, 0.4) is 0 Å². The molecule has 0 aliphatic carbocycles. The Morgan fingerprint density at radius 2 is 2.30 bits per heavy atom. The molecule has 0 unspecified atom stereocenters. The number of hydrogen-bond acceptors (Lipinski definition) is 1. The molecule has 0 heterocycles. The highest BCUT2D eigenvalue weighted by Gasteiger charge is 1.97. The summed E-state index contributed by atoms with van der Waals surface area (Å²) in [6.07, 6.45) is 0. The minimum absolute atomic E-state index is 0.310. The van der Waals surface area contributed by atoms with Crippen LogP contribution in [-0.2, 0) is 0 Å². The molecular weight excluding hydrogens is 155 g/mol. The molecule has 0 aliphatic rings. The zero-order valence-electron chi connectivity index (χ0n) is 5.32. The summed E-state index contributed by atoms with van der Waals surface area (Å²) >= 11 is 5.49. The smallest absolute Gasteiger partial charge is 0.136 e. The standard InChI is InChI=1S/C7H5ClFO/c1-10-7-3-5(8)2-6(9)4-7/h2-3H,1H3. The normalized spacial score (nSPS) is 9.50. The van der Waals surface area contributed by atoms with Gasteiger partial charge in [0.25, 0.3) is 0 Å². The average Bonchev–Trinajstić information content (AvgIpc) is 1.85. The van der Waals surface area contributed by atoms with Crippen molar-refractivity contribution >= 4 is 11.6 Å². The monoisotopic (exact) mass is 159 g/mol. The average molecular weight is 160 g/mol. The van der Waals surface area contributed by atoms with E-state index in [1.165, 1.54) is 19.2 Å². The molecule has 0 N–H and O–H groups in total. The number of ether oxygens (including phenoxy) is 1. The highest BCUT2D eigenvalue weighted by molar-refractivity contribution is 6.30. The predicted molar refractivity (Wildman–Crippen MR) is 36.8 cm³/mol. The molecule has 1 rings (SSSR count). The SMILES string of the molecule is COc1[c]c(F)cc(Cl)c1. The summed E-state index contributed by atoms with van der Waals surface area (Å²) in [5.74, 6) is -0.200. The fourth-order valence-electron chi connectivity index (χ4n) is 0.588. The Labute approximate surface area is 63.4 Å². The predicted octanol–water partition coefficient (Wildman–Crippen LogP) is 2.29. The van der Waals surface area contributed by atoms with E-state index in [0.29, 0.717) is 10.8 Å². The van der Waals surface area contributed by atoms with Gasteiger partial charge in [-0.05, 0) is 12.1 Å². The van der Waals surface area contributed by atoms with Crippen molar-refractivity contribution in [3.05, 3.63) is 29.0 Å². The zero-order valence-corrected chi connectivity index (χ0v) is 6.07. The van der Waals surface area contributed by atoms with Crippen LogP contribution in [0, 0.1) is 11.9 Å². The lowest BCUT2D eigenvalue weighted by atomic mass is 10.3. The molecule has 0 spiro atoms. The van der Waals surface area contributed by atoms with Crippen molar-refractivity contribution in [3.8, 4) is 5.75 Å². The van der Waals surface area contributed by atoms with Crippen molar-refractivity contribution in [1.82, 2.24) is 0 Å². The molecule has 1 aromatic carbocycles. The van der Waals surface area contributed by atoms with Gasteiger partial charge in [-0.2, -0.15) is 0 Å². The van der Waals surface area contributed by atoms with E-state index in [2.05, 4.69) is 6.07 Å². The van der Waals surface area contributed by atoms with E-state index >= 15 is 0 Å². The third-order valence-corrected chi connectivity index (χ3v) is 1.21. The lowest BCUT2D eigenvalue weighted by molar-refractivity contribution is 0.410. The van der Waals surface area contributed by atoms with Crippen LogP contribution in [0.25, 0.3) is 0 Å². The third-order valence-electron chi connectivity index (χ3n) is 0.996. The van der Waals surface area contributed by atoms with Crippen LogP contribution in [-0.4, -0.2) is 7.11 Å². The van der Waals surface area contributed by atoms with Gasteiger partial charge in [-0.3, -0.25) is 0 Å². The second kappa shape index (κ2) is 2.88. The fraction of sp³-hybridized carbons (Fsp3) is 0.143. The van der Waals surface area contributed by atoms with Crippen LogP contribution in [0.15, 0.2) is 12.1 Å². The second-order valence-corrected chi connectivity index (χ2v) is 2.15. The Morgan fingerprint density at radius 3 is 2.80 bits per heavy atom. The summed E-state index contributed by atoms with van der Waals surface area (Å²) in [5, 5.41) is 0.313. The van der Waals surface area contributed by atoms with E-state index in [-0.39, 0.29) is 0 Å². The maximum atomic E-state index is 12.4. The van der Waals surface area contributed by atoms with Crippen molar-refractivity contribution in [2.75, 3.05) is 7.11 Å². The van der Waals surface area contributed by atoms with E-state index in [1.807, 2.05) is 0 Å². The molecule has 0 bridgehead atoms. The van der Waals surface area contributed by atoms with Gasteiger partial charge in [-0.1, -0.05) is 11.6 Å². The quantitative estimate of drug-likeness (QED) is 0.611. The van der Waals surface area contributed by atoms with Gasteiger partial charge in [0.05, 0.1) is 13.2 Å². The topological polar surface area (TPSA) is 9.23 Å². The number of halogens is 2. The Balaban J connectivity index is 3.06. The third kappa shape index (κ3) is 1.61. The van der Waals surface area contributed by atoms with Crippen molar-refractivity contribution < 1.29 is 9.13 Å². The molecule has 0 saturated heterocycles. The Morgan fingerprint density at radius 1 is 1.60 bits per heavy atom. The van der Waals surface area contributed by atoms with Gasteiger partial charge >= 0.3 is 0 Å². The molecule has 0 amide bonds. The molecule has 10 heavy (non-hydrogen) atoms. The summed E-state index contributed by atoms with van der Waals surface area (Å²) in [4.78, 5) is 0. The van der Waals surface area contributed by atoms with Gasteiger partial charge in [0.2, 0.25) is 0 Å². The number of methoxy groups -OCH3 is 1. The van der Waals surface area contributed by atoms with Gasteiger partial charge < -0.3 is 4.74 Å². The van der Waals surface area contributed by atoms with Gasteiger partial charge in [0.1, 0.15) is 11.6 Å². The molecule has 0 saturated carbocycles. The van der Waals surface area contributed by atoms with Gasteiger partial charge in [-0.15, -0.1) is 0 Å². The molecule has 1 nitrogen and oxygen atoms in total. The van der Waals surface area contributed by atoms with E-state index in [9.17, 15) is 4.39 Å². The van der Waals surface area contributed by atoms with Crippen molar-refractivity contribution in [1.29, 1.82) is 0 Å². The van der Waals surface area contributed by atoms with Gasteiger partial charge in [0, 0.05) is 5.02 Å². The van der Waals surface area contributed by atoms with Crippen molar-refractivity contribution in [2.45, 2.75) is 0 Å². The number of hydrogen-bond donors (Lipinski definition) is 0. The summed E-state index contributed by atoms with van der Waals surface area (Å²) in [6, 6.07) is 4.99. The van der Waals surface area contributed by atoms with E-state index in [1.54, 1.807) is 0 Å². The first-order chi connectivity index (χ1) is 4.72. The van der Waals surface area contributed by atoms with E-state index in [0.717, 1.165) is 0 Å². The summed E-state index contributed by atoms with van der Waals surface area (Å²) < 4.78 is 17.1. The summed E-state index contributed by atoms with van der Waals surface area (Å²) in [7, 11) is 1.43. The number of benzene rings is 1. The molecule has 0 aromatic heterocycles. The molecule has 1 aromatic rings. The molecule has 1 radical (unpaired) electrons. The molecule has 0 atom stereocenters. The Kier molecular flexibility index (Phi) is 2.12. The Bertz CT molecular complexity index is 217. The Hall–Kier alpha value is -0.760. The minimum atomic E-state index is -0.510. The van der Waals surface area contributed by atoms with Crippen molar-refractivity contribution in [2.24, 2.45) is 0 Å². The molecular formula is C7H5ClFO. The molecule has 0 fully saturated rings. The van der Waals surface area contributed by atoms with E-state index in [4.69, 9.17) is 16.3 Å². The highest BCUT2D eigenvalue weighted by Crippen LogP contribution is 2.18. The molecule has 53 valence electrons. The highest BCUT2D eigenvalue weighted by atomic mass is 35.5. The second-order valence-electron chi connectivity index (χ2n) is 1.71. The van der Waals surface area contributed by atoms with Crippen LogP contribution in [0.5, 0.6) is 5.75 Å². The maximum Gasteiger partial charge on any atom is 0.136 e. The zero-order chi connectivity index (χ0) is 7.56. The minimum Gasteiger partial charge on any atom is -0.496 e. The van der Waals surface area contributed by atoms with Crippen LogP contribution in [0.2, 0.25) is 5.02 Å². The lowest BCUT2D eigenvalue weighted by Gasteiger charge is -1.97. The summed E-state index contributed by atoms with van der Waals surface area (Å²) in [6.45, 7) is 0. The first-order valence-corrected chi connectivity index (χ1v) is 3.02. The van der Waals surface area contributed by atoms with Crippen LogP contribution >= 0.6 is 11.6 Å². The maximum absolute atomic E-state index is 12.4. The lowest BCUT2D eigenvalue weighted by Crippen LogP contribution is -1.84.